The van der Waals surface area contributed by atoms with E-state index in [0.29, 0.717) is 18.1 Å². The molecule has 4 aromatic rings. The number of esters is 1. The number of carbonyl (C=O) groups is 2. The second kappa shape index (κ2) is 12.5. The molecule has 0 atom stereocenters. The van der Waals surface area contributed by atoms with Gasteiger partial charge in [0.05, 0.1) is 12.8 Å². The molecule has 0 aliphatic heterocycles. The number of benzene rings is 3. The van der Waals surface area contributed by atoms with Crippen LogP contribution in [0.15, 0.2) is 89.4 Å². The molecule has 7 heteroatoms. The van der Waals surface area contributed by atoms with Gasteiger partial charge in [0.1, 0.15) is 18.1 Å². The molecule has 0 aliphatic carbocycles. The summed E-state index contributed by atoms with van der Waals surface area (Å²) in [6.45, 7) is 3.85. The third-order valence-electron chi connectivity index (χ3n) is 5.92. The highest BCUT2D eigenvalue weighted by Crippen LogP contribution is 2.22. The van der Waals surface area contributed by atoms with Gasteiger partial charge in [-0.3, -0.25) is 9.69 Å². The van der Waals surface area contributed by atoms with E-state index in [0.717, 1.165) is 33.7 Å². The van der Waals surface area contributed by atoms with Crippen LogP contribution in [0.2, 0.25) is 0 Å². The Hall–Kier alpha value is -4.65. The highest BCUT2D eigenvalue weighted by molar-refractivity contribution is 5.79. The zero-order valence-electron chi connectivity index (χ0n) is 21.7. The standard InChI is InChI=1S/C31H30N2O5/c1-22-12-18-27(19-13-22)38-31(35)33(21-29(34)36-3)20-25-16-14-24(15-17-25)8-7-11-28-23(2)37-30(32-28)26-9-5-4-6-10-26/h4-10,12-19H,11,20-21H2,1-3H3/b8-7+. The Kier molecular flexibility index (Phi) is 8.72. The lowest BCUT2D eigenvalue weighted by Crippen LogP contribution is -2.37. The number of amides is 1. The number of rotatable bonds is 9. The van der Waals surface area contributed by atoms with Crippen LogP contribution in [0.1, 0.15) is 28.1 Å². The third-order valence-corrected chi connectivity index (χ3v) is 5.92. The maximum Gasteiger partial charge on any atom is 0.416 e. The lowest BCUT2D eigenvalue weighted by Gasteiger charge is -2.21. The molecule has 0 saturated heterocycles. The Morgan fingerprint density at radius 2 is 1.66 bits per heavy atom. The van der Waals surface area contributed by atoms with Gasteiger partial charge in [0.25, 0.3) is 0 Å². The van der Waals surface area contributed by atoms with Crippen molar-refractivity contribution in [2.45, 2.75) is 26.8 Å². The summed E-state index contributed by atoms with van der Waals surface area (Å²) in [6, 6.07) is 24.7. The van der Waals surface area contributed by atoms with Crippen molar-refractivity contribution in [1.82, 2.24) is 9.88 Å². The van der Waals surface area contributed by atoms with Gasteiger partial charge in [0.15, 0.2) is 0 Å². The van der Waals surface area contributed by atoms with Crippen LogP contribution in [0.5, 0.6) is 5.75 Å². The fourth-order valence-electron chi connectivity index (χ4n) is 3.76. The highest BCUT2D eigenvalue weighted by Gasteiger charge is 2.20. The van der Waals surface area contributed by atoms with Crippen molar-refractivity contribution in [3.8, 4) is 17.2 Å². The fourth-order valence-corrected chi connectivity index (χ4v) is 3.76. The van der Waals surface area contributed by atoms with Crippen LogP contribution in [0.4, 0.5) is 4.79 Å². The van der Waals surface area contributed by atoms with Crippen LogP contribution in [0, 0.1) is 13.8 Å². The van der Waals surface area contributed by atoms with Crippen molar-refractivity contribution in [3.63, 3.8) is 0 Å². The van der Waals surface area contributed by atoms with Gasteiger partial charge in [-0.25, -0.2) is 9.78 Å². The lowest BCUT2D eigenvalue weighted by molar-refractivity contribution is -0.141. The first-order chi connectivity index (χ1) is 18.4. The van der Waals surface area contributed by atoms with E-state index >= 15 is 0 Å². The number of aryl methyl sites for hydroxylation is 2. The minimum atomic E-state index is -0.624. The minimum absolute atomic E-state index is 0.199. The first-order valence-electron chi connectivity index (χ1n) is 12.3. The van der Waals surface area contributed by atoms with Gasteiger partial charge in [-0.05, 0) is 49.2 Å². The summed E-state index contributed by atoms with van der Waals surface area (Å²) in [5.74, 6) is 1.30. The maximum atomic E-state index is 12.8. The van der Waals surface area contributed by atoms with Crippen molar-refractivity contribution in [3.05, 3.63) is 113 Å². The first kappa shape index (κ1) is 26.4. The number of ether oxygens (including phenoxy) is 2. The molecule has 4 rings (SSSR count). The van der Waals surface area contributed by atoms with Crippen molar-refractivity contribution in [1.29, 1.82) is 0 Å². The molecule has 38 heavy (non-hydrogen) atoms. The summed E-state index contributed by atoms with van der Waals surface area (Å²) in [6.07, 6.45) is 4.07. The summed E-state index contributed by atoms with van der Waals surface area (Å²) in [4.78, 5) is 30.7. The molecule has 0 aliphatic rings. The van der Waals surface area contributed by atoms with E-state index < -0.39 is 12.1 Å². The zero-order chi connectivity index (χ0) is 26.9. The number of hydrogen-bond donors (Lipinski definition) is 0. The zero-order valence-corrected chi connectivity index (χ0v) is 21.7. The smallest absolute Gasteiger partial charge is 0.416 e. The molecule has 0 spiro atoms. The molecule has 1 heterocycles. The third kappa shape index (κ3) is 7.20. The monoisotopic (exact) mass is 510 g/mol. The molecule has 0 N–H and O–H groups in total. The average Bonchev–Trinajstić information content (AvgIpc) is 3.31. The molecule has 0 saturated carbocycles. The second-order valence-electron chi connectivity index (χ2n) is 8.85. The molecule has 3 aromatic carbocycles. The van der Waals surface area contributed by atoms with Crippen LogP contribution in [0.3, 0.4) is 0 Å². The number of oxazole rings is 1. The minimum Gasteiger partial charge on any atom is -0.468 e. The highest BCUT2D eigenvalue weighted by atomic mass is 16.6. The van der Waals surface area contributed by atoms with E-state index in [9.17, 15) is 9.59 Å². The van der Waals surface area contributed by atoms with Crippen LogP contribution in [-0.2, 0) is 22.5 Å². The van der Waals surface area contributed by atoms with Crippen molar-refractivity contribution < 1.29 is 23.5 Å². The van der Waals surface area contributed by atoms with Gasteiger partial charge in [-0.2, -0.15) is 0 Å². The number of allylic oxidation sites excluding steroid dienone is 1. The Morgan fingerprint density at radius 1 is 0.947 bits per heavy atom. The summed E-state index contributed by atoms with van der Waals surface area (Å²) in [5.41, 5.74) is 4.75. The van der Waals surface area contributed by atoms with E-state index in [1.165, 1.54) is 12.0 Å². The van der Waals surface area contributed by atoms with Gasteiger partial charge in [-0.1, -0.05) is 72.3 Å². The summed E-state index contributed by atoms with van der Waals surface area (Å²) in [7, 11) is 1.29. The van der Waals surface area contributed by atoms with Gasteiger partial charge < -0.3 is 13.9 Å². The quantitative estimate of drug-likeness (QED) is 0.243. The molecule has 0 fully saturated rings. The molecular formula is C31H30N2O5. The molecule has 194 valence electrons. The largest absolute Gasteiger partial charge is 0.468 e. The van der Waals surface area contributed by atoms with E-state index in [-0.39, 0.29) is 13.1 Å². The van der Waals surface area contributed by atoms with Gasteiger partial charge in [0.2, 0.25) is 5.89 Å². The Labute approximate surface area is 222 Å². The van der Waals surface area contributed by atoms with Crippen LogP contribution >= 0.6 is 0 Å². The van der Waals surface area contributed by atoms with Crippen molar-refractivity contribution in [2.75, 3.05) is 13.7 Å². The molecule has 0 radical (unpaired) electrons. The van der Waals surface area contributed by atoms with Crippen molar-refractivity contribution >= 4 is 18.1 Å². The number of methoxy groups -OCH3 is 1. The van der Waals surface area contributed by atoms with Gasteiger partial charge >= 0.3 is 12.1 Å². The number of aromatic nitrogens is 1. The number of hydrogen-bond acceptors (Lipinski definition) is 6. The summed E-state index contributed by atoms with van der Waals surface area (Å²) < 4.78 is 16.1. The first-order valence-corrected chi connectivity index (χ1v) is 12.3. The van der Waals surface area contributed by atoms with E-state index in [1.807, 2.05) is 92.7 Å². The average molecular weight is 511 g/mol. The number of nitrogens with zero attached hydrogens (tertiary/aromatic N) is 2. The van der Waals surface area contributed by atoms with E-state index in [4.69, 9.17) is 13.9 Å². The second-order valence-corrected chi connectivity index (χ2v) is 8.85. The Bertz CT molecular complexity index is 1390. The summed E-state index contributed by atoms with van der Waals surface area (Å²) in [5, 5.41) is 0. The molecular weight excluding hydrogens is 480 g/mol. The van der Waals surface area contributed by atoms with Crippen molar-refractivity contribution in [2.24, 2.45) is 0 Å². The Morgan fingerprint density at radius 3 is 2.34 bits per heavy atom. The molecule has 0 unspecified atom stereocenters. The predicted octanol–water partition coefficient (Wildman–Crippen LogP) is 6.39. The molecule has 7 nitrogen and oxygen atoms in total. The maximum absolute atomic E-state index is 12.8. The fraction of sp³-hybridized carbons (Fsp3) is 0.194. The van der Waals surface area contributed by atoms with Crippen LogP contribution < -0.4 is 4.74 Å². The van der Waals surface area contributed by atoms with Gasteiger partial charge in [0, 0.05) is 18.5 Å². The predicted molar refractivity (Wildman–Crippen MR) is 145 cm³/mol. The molecule has 1 amide bonds. The normalized spacial score (nSPS) is 10.9. The lowest BCUT2D eigenvalue weighted by atomic mass is 10.1. The topological polar surface area (TPSA) is 81.9 Å². The molecule has 1 aromatic heterocycles. The Balaban J connectivity index is 1.38. The SMILES string of the molecule is COC(=O)CN(Cc1ccc(/C=C/Cc2nc(-c3ccccc3)oc2C)cc1)C(=O)Oc1ccc(C)cc1. The molecule has 0 bridgehead atoms. The van der Waals surface area contributed by atoms with E-state index in [1.54, 1.807) is 12.1 Å². The van der Waals surface area contributed by atoms with Gasteiger partial charge in [-0.15, -0.1) is 0 Å². The van der Waals surface area contributed by atoms with Crippen LogP contribution in [0.25, 0.3) is 17.5 Å². The van der Waals surface area contributed by atoms with E-state index in [2.05, 4.69) is 4.98 Å². The summed E-state index contributed by atoms with van der Waals surface area (Å²) >= 11 is 0. The number of carbonyl (C=O) groups excluding carboxylic acids is 2. The van der Waals surface area contributed by atoms with Crippen LogP contribution in [-0.4, -0.2) is 35.6 Å².